The Hall–Kier alpha value is -1.00. The first-order chi connectivity index (χ1) is 8.29. The van der Waals surface area contributed by atoms with E-state index in [1.807, 2.05) is 18.2 Å². The van der Waals surface area contributed by atoms with Gasteiger partial charge in [-0.15, -0.1) is 11.8 Å². The molecule has 2 N–H and O–H groups in total. The predicted octanol–water partition coefficient (Wildman–Crippen LogP) is 2.35. The summed E-state index contributed by atoms with van der Waals surface area (Å²) in [6.45, 7) is 4.06. The first-order valence-corrected chi connectivity index (χ1v) is 7.00. The number of rotatable bonds is 5. The summed E-state index contributed by atoms with van der Waals surface area (Å²) in [5.41, 5.74) is 0.941. The lowest BCUT2D eigenvalue weighted by Crippen LogP contribution is -2.43. The Kier molecular flexibility index (Phi) is 4.45. The molecule has 3 nitrogen and oxygen atoms in total. The average Bonchev–Trinajstić information content (AvgIpc) is 2.27. The molecule has 0 radical (unpaired) electrons. The van der Waals surface area contributed by atoms with Crippen LogP contribution in [-0.4, -0.2) is 24.7 Å². The minimum Gasteiger partial charge on any atom is -0.325 e. The molecular formula is C13H18N2OS. The average molecular weight is 250 g/mol. The van der Waals surface area contributed by atoms with Crippen molar-refractivity contribution in [3.8, 4) is 0 Å². The topological polar surface area (TPSA) is 41.1 Å². The van der Waals surface area contributed by atoms with Gasteiger partial charge in [-0.1, -0.05) is 19.1 Å². The number of carbonyl (C=O) groups excluding carboxylic acids is 1. The summed E-state index contributed by atoms with van der Waals surface area (Å²) in [5, 5.41) is 6.18. The summed E-state index contributed by atoms with van der Waals surface area (Å²) in [6, 6.07) is 7.98. The lowest BCUT2D eigenvalue weighted by atomic mass is 9.99. The third kappa shape index (κ3) is 3.48. The van der Waals surface area contributed by atoms with Crippen LogP contribution in [0, 0.1) is 5.92 Å². The molecule has 1 heterocycles. The van der Waals surface area contributed by atoms with Crippen LogP contribution in [0.5, 0.6) is 0 Å². The van der Waals surface area contributed by atoms with Crippen molar-refractivity contribution in [2.75, 3.05) is 24.2 Å². The van der Waals surface area contributed by atoms with Crippen molar-refractivity contribution >= 4 is 23.4 Å². The molecule has 92 valence electrons. The molecule has 1 fully saturated rings. The van der Waals surface area contributed by atoms with Gasteiger partial charge in [-0.05, 0) is 36.9 Å². The Balaban J connectivity index is 1.94. The fraction of sp³-hybridized carbons (Fsp3) is 0.462. The monoisotopic (exact) mass is 250 g/mol. The van der Waals surface area contributed by atoms with Crippen LogP contribution < -0.4 is 10.6 Å². The molecule has 1 saturated heterocycles. The smallest absolute Gasteiger partial charge is 0.224 e. The van der Waals surface area contributed by atoms with Gasteiger partial charge in [0.2, 0.25) is 5.91 Å². The molecule has 0 unspecified atom stereocenters. The van der Waals surface area contributed by atoms with Crippen LogP contribution in [0.4, 0.5) is 5.69 Å². The molecule has 1 aliphatic heterocycles. The number of anilines is 1. The van der Waals surface area contributed by atoms with Gasteiger partial charge in [0.1, 0.15) is 0 Å². The third-order valence-electron chi connectivity index (χ3n) is 2.80. The van der Waals surface area contributed by atoms with Crippen molar-refractivity contribution < 1.29 is 4.79 Å². The summed E-state index contributed by atoms with van der Waals surface area (Å²) in [5.74, 6) is 1.65. The minimum absolute atomic E-state index is 0.126. The second-order valence-corrected chi connectivity index (χ2v) is 5.51. The second-order valence-electron chi connectivity index (χ2n) is 4.21. The van der Waals surface area contributed by atoms with Crippen LogP contribution in [0.2, 0.25) is 0 Å². The van der Waals surface area contributed by atoms with Gasteiger partial charge in [-0.25, -0.2) is 0 Å². The first-order valence-electron chi connectivity index (χ1n) is 6.02. The van der Waals surface area contributed by atoms with E-state index in [4.69, 9.17) is 0 Å². The van der Waals surface area contributed by atoms with Gasteiger partial charge in [0.15, 0.2) is 0 Å². The maximum atomic E-state index is 11.8. The highest BCUT2D eigenvalue weighted by Gasteiger charge is 2.20. The van der Waals surface area contributed by atoms with E-state index < -0.39 is 0 Å². The largest absolute Gasteiger partial charge is 0.325 e. The summed E-state index contributed by atoms with van der Waals surface area (Å²) in [6.07, 6.45) is 0.623. The molecule has 4 heteroatoms. The molecule has 17 heavy (non-hydrogen) atoms. The molecule has 1 aliphatic rings. The predicted molar refractivity (Wildman–Crippen MR) is 72.4 cm³/mol. The lowest BCUT2D eigenvalue weighted by Gasteiger charge is -2.26. The molecule has 1 aromatic carbocycles. The molecule has 0 bridgehead atoms. The van der Waals surface area contributed by atoms with Crippen molar-refractivity contribution in [2.24, 2.45) is 5.92 Å². The minimum atomic E-state index is 0.126. The molecular weight excluding hydrogens is 232 g/mol. The number of amides is 1. The van der Waals surface area contributed by atoms with E-state index in [9.17, 15) is 4.79 Å². The second kappa shape index (κ2) is 6.07. The standard InChI is InChI=1S/C13H18N2OS/c1-2-17-12-6-4-3-5-11(12)15-13(16)7-10-8-14-9-10/h3-6,10,14H,2,7-9H2,1H3,(H,15,16). The molecule has 2 rings (SSSR count). The fourth-order valence-electron chi connectivity index (χ4n) is 1.81. The number of carbonyl (C=O) groups is 1. The summed E-state index contributed by atoms with van der Waals surface area (Å²) >= 11 is 1.76. The Morgan fingerprint density at radius 3 is 2.88 bits per heavy atom. The van der Waals surface area contributed by atoms with E-state index in [1.165, 1.54) is 0 Å². The zero-order valence-corrected chi connectivity index (χ0v) is 10.8. The highest BCUT2D eigenvalue weighted by molar-refractivity contribution is 7.99. The van der Waals surface area contributed by atoms with Gasteiger partial charge in [0.05, 0.1) is 5.69 Å². The van der Waals surface area contributed by atoms with Crippen molar-refractivity contribution in [3.05, 3.63) is 24.3 Å². The number of thioether (sulfide) groups is 1. The number of hydrogen-bond donors (Lipinski definition) is 2. The normalized spacial score (nSPS) is 15.4. The zero-order chi connectivity index (χ0) is 12.1. The molecule has 0 saturated carbocycles. The van der Waals surface area contributed by atoms with E-state index in [1.54, 1.807) is 11.8 Å². The maximum absolute atomic E-state index is 11.8. The molecule has 1 amide bonds. The molecule has 0 aromatic heterocycles. The van der Waals surface area contributed by atoms with E-state index in [-0.39, 0.29) is 5.91 Å². The summed E-state index contributed by atoms with van der Waals surface area (Å²) in [4.78, 5) is 13.0. The Bertz CT molecular complexity index is 391. The van der Waals surface area contributed by atoms with Gasteiger partial charge < -0.3 is 10.6 Å². The van der Waals surface area contributed by atoms with Crippen molar-refractivity contribution in [1.82, 2.24) is 5.32 Å². The number of hydrogen-bond acceptors (Lipinski definition) is 3. The van der Waals surface area contributed by atoms with Gasteiger partial charge in [0.25, 0.3) is 0 Å². The third-order valence-corrected chi connectivity index (χ3v) is 3.76. The Morgan fingerprint density at radius 1 is 1.47 bits per heavy atom. The van der Waals surface area contributed by atoms with Crippen LogP contribution in [0.1, 0.15) is 13.3 Å². The van der Waals surface area contributed by atoms with Crippen molar-refractivity contribution in [3.63, 3.8) is 0 Å². The molecule has 0 atom stereocenters. The Labute approximate surface area is 106 Å². The fourth-order valence-corrected chi connectivity index (χ4v) is 2.57. The van der Waals surface area contributed by atoms with Gasteiger partial charge in [-0.2, -0.15) is 0 Å². The summed E-state index contributed by atoms with van der Waals surface area (Å²) in [7, 11) is 0. The van der Waals surface area contributed by atoms with E-state index in [0.29, 0.717) is 12.3 Å². The lowest BCUT2D eigenvalue weighted by molar-refractivity contribution is -0.117. The van der Waals surface area contributed by atoms with Crippen molar-refractivity contribution in [1.29, 1.82) is 0 Å². The van der Waals surface area contributed by atoms with E-state index >= 15 is 0 Å². The summed E-state index contributed by atoms with van der Waals surface area (Å²) < 4.78 is 0. The molecule has 1 aromatic rings. The highest BCUT2D eigenvalue weighted by Crippen LogP contribution is 2.26. The van der Waals surface area contributed by atoms with Crippen LogP contribution >= 0.6 is 11.8 Å². The number of nitrogens with one attached hydrogen (secondary N) is 2. The van der Waals surface area contributed by atoms with Crippen LogP contribution in [0.25, 0.3) is 0 Å². The molecule has 0 aliphatic carbocycles. The van der Waals surface area contributed by atoms with Crippen LogP contribution in [-0.2, 0) is 4.79 Å². The number of para-hydroxylation sites is 1. The van der Waals surface area contributed by atoms with E-state index in [0.717, 1.165) is 29.4 Å². The van der Waals surface area contributed by atoms with Gasteiger partial charge >= 0.3 is 0 Å². The quantitative estimate of drug-likeness (QED) is 0.788. The first kappa shape index (κ1) is 12.5. The SMILES string of the molecule is CCSc1ccccc1NC(=O)CC1CNC1. The highest BCUT2D eigenvalue weighted by atomic mass is 32.2. The van der Waals surface area contributed by atoms with Crippen LogP contribution in [0.3, 0.4) is 0 Å². The zero-order valence-electron chi connectivity index (χ0n) is 10.0. The van der Waals surface area contributed by atoms with Crippen LogP contribution in [0.15, 0.2) is 29.2 Å². The number of benzene rings is 1. The molecule has 0 spiro atoms. The Morgan fingerprint density at radius 2 is 2.24 bits per heavy atom. The maximum Gasteiger partial charge on any atom is 0.224 e. The van der Waals surface area contributed by atoms with Gasteiger partial charge in [-0.3, -0.25) is 4.79 Å². The van der Waals surface area contributed by atoms with E-state index in [2.05, 4.69) is 23.6 Å². The van der Waals surface area contributed by atoms with Gasteiger partial charge in [0, 0.05) is 11.3 Å². The van der Waals surface area contributed by atoms with Crippen molar-refractivity contribution in [2.45, 2.75) is 18.2 Å².